The molecule has 1 aromatic rings. The molecular formula is C16H22O. The number of rotatable bonds is 4. The van der Waals surface area contributed by atoms with Gasteiger partial charge in [0.15, 0.2) is 0 Å². The Kier molecular flexibility index (Phi) is 3.98. The first-order chi connectivity index (χ1) is 8.24. The standard InChI is InChI=1S/C16H22O/c1-3-4-9-16(17)15-11-10-13-7-5-6-8-14(13)12(15)2/h5-8,12,15H,3-4,9-11H2,1-2H3/t12-,15-/m1/s1. The number of hydrogen-bond donors (Lipinski definition) is 0. The summed E-state index contributed by atoms with van der Waals surface area (Å²) >= 11 is 0. The van der Waals surface area contributed by atoms with Crippen molar-refractivity contribution in [3.63, 3.8) is 0 Å². The minimum atomic E-state index is 0.261. The molecule has 1 aliphatic carbocycles. The Morgan fingerprint density at radius 2 is 2.12 bits per heavy atom. The van der Waals surface area contributed by atoms with E-state index in [1.54, 1.807) is 0 Å². The van der Waals surface area contributed by atoms with E-state index in [1.165, 1.54) is 11.1 Å². The molecule has 0 saturated carbocycles. The first-order valence-corrected chi connectivity index (χ1v) is 6.84. The van der Waals surface area contributed by atoms with E-state index in [4.69, 9.17) is 0 Å². The number of carbonyl (C=O) groups excluding carboxylic acids is 1. The van der Waals surface area contributed by atoms with Crippen molar-refractivity contribution in [3.05, 3.63) is 35.4 Å². The average Bonchev–Trinajstić information content (AvgIpc) is 2.37. The Balaban J connectivity index is 2.11. The SMILES string of the molecule is CCCCC(=O)[C@@H]1CCc2ccccc2[C@H]1C. The Bertz CT molecular complexity index is 394. The number of hydrogen-bond acceptors (Lipinski definition) is 1. The monoisotopic (exact) mass is 230 g/mol. The van der Waals surface area contributed by atoms with Gasteiger partial charge in [-0.1, -0.05) is 44.5 Å². The molecule has 17 heavy (non-hydrogen) atoms. The second-order valence-electron chi connectivity index (χ2n) is 5.20. The smallest absolute Gasteiger partial charge is 0.136 e. The van der Waals surface area contributed by atoms with Crippen LogP contribution in [0.15, 0.2) is 24.3 Å². The van der Waals surface area contributed by atoms with Gasteiger partial charge in [-0.05, 0) is 36.3 Å². The molecule has 1 nitrogen and oxygen atoms in total. The highest BCUT2D eigenvalue weighted by atomic mass is 16.1. The van der Waals surface area contributed by atoms with Crippen molar-refractivity contribution in [2.75, 3.05) is 0 Å². The molecule has 1 aromatic carbocycles. The van der Waals surface area contributed by atoms with Crippen LogP contribution >= 0.6 is 0 Å². The predicted octanol–water partition coefficient (Wildman–Crippen LogP) is 4.11. The molecule has 0 radical (unpaired) electrons. The summed E-state index contributed by atoms with van der Waals surface area (Å²) in [6.07, 6.45) is 5.05. The summed E-state index contributed by atoms with van der Waals surface area (Å²) in [5, 5.41) is 0. The first kappa shape index (κ1) is 12.3. The Morgan fingerprint density at radius 3 is 2.88 bits per heavy atom. The predicted molar refractivity (Wildman–Crippen MR) is 71.2 cm³/mol. The van der Waals surface area contributed by atoms with E-state index in [0.29, 0.717) is 11.7 Å². The van der Waals surface area contributed by atoms with Crippen molar-refractivity contribution in [3.8, 4) is 0 Å². The summed E-state index contributed by atoms with van der Waals surface area (Å²) in [7, 11) is 0. The number of aryl methyl sites for hydroxylation is 1. The molecule has 0 N–H and O–H groups in total. The van der Waals surface area contributed by atoms with Crippen molar-refractivity contribution in [2.24, 2.45) is 5.92 Å². The first-order valence-electron chi connectivity index (χ1n) is 6.84. The number of Topliss-reactive ketones (excluding diaryl/α,β-unsaturated/α-hetero) is 1. The van der Waals surface area contributed by atoms with Gasteiger partial charge in [-0.15, -0.1) is 0 Å². The lowest BCUT2D eigenvalue weighted by Crippen LogP contribution is -2.26. The van der Waals surface area contributed by atoms with E-state index >= 15 is 0 Å². The highest BCUT2D eigenvalue weighted by Gasteiger charge is 2.30. The molecule has 2 atom stereocenters. The van der Waals surface area contributed by atoms with Crippen LogP contribution in [-0.4, -0.2) is 5.78 Å². The van der Waals surface area contributed by atoms with E-state index < -0.39 is 0 Å². The molecule has 0 heterocycles. The van der Waals surface area contributed by atoms with Crippen molar-refractivity contribution < 1.29 is 4.79 Å². The van der Waals surface area contributed by atoms with Crippen LogP contribution in [0.5, 0.6) is 0 Å². The van der Waals surface area contributed by atoms with Crippen LogP contribution in [0.3, 0.4) is 0 Å². The number of unbranched alkanes of at least 4 members (excludes halogenated alkanes) is 1. The molecular weight excluding hydrogens is 208 g/mol. The van der Waals surface area contributed by atoms with Crippen molar-refractivity contribution in [2.45, 2.75) is 51.9 Å². The number of benzene rings is 1. The average molecular weight is 230 g/mol. The van der Waals surface area contributed by atoms with Crippen LogP contribution in [0.1, 0.15) is 56.6 Å². The molecule has 2 rings (SSSR count). The normalized spacial score (nSPS) is 23.2. The zero-order valence-electron chi connectivity index (χ0n) is 10.9. The van der Waals surface area contributed by atoms with Gasteiger partial charge < -0.3 is 0 Å². The summed E-state index contributed by atoms with van der Waals surface area (Å²) in [6, 6.07) is 8.59. The highest BCUT2D eigenvalue weighted by molar-refractivity contribution is 5.82. The van der Waals surface area contributed by atoms with Crippen LogP contribution < -0.4 is 0 Å². The summed E-state index contributed by atoms with van der Waals surface area (Å²) in [4.78, 5) is 12.2. The lowest BCUT2D eigenvalue weighted by molar-refractivity contribution is -0.124. The van der Waals surface area contributed by atoms with Crippen LogP contribution in [0.4, 0.5) is 0 Å². The summed E-state index contributed by atoms with van der Waals surface area (Å²) in [6.45, 7) is 4.36. The molecule has 0 bridgehead atoms. The molecule has 0 unspecified atom stereocenters. The fourth-order valence-electron chi connectivity index (χ4n) is 2.96. The maximum absolute atomic E-state index is 12.2. The van der Waals surface area contributed by atoms with Crippen molar-refractivity contribution in [1.82, 2.24) is 0 Å². The van der Waals surface area contributed by atoms with Gasteiger partial charge in [-0.25, -0.2) is 0 Å². The molecule has 0 aliphatic heterocycles. The number of fused-ring (bicyclic) bond motifs is 1. The van der Waals surface area contributed by atoms with E-state index in [0.717, 1.165) is 32.1 Å². The minimum absolute atomic E-state index is 0.261. The fraction of sp³-hybridized carbons (Fsp3) is 0.562. The Labute approximate surface area is 104 Å². The van der Waals surface area contributed by atoms with Gasteiger partial charge in [0, 0.05) is 12.3 Å². The lowest BCUT2D eigenvalue weighted by Gasteiger charge is -2.30. The van der Waals surface area contributed by atoms with Gasteiger partial charge in [0.05, 0.1) is 0 Å². The zero-order valence-corrected chi connectivity index (χ0v) is 10.9. The third kappa shape index (κ3) is 2.59. The minimum Gasteiger partial charge on any atom is -0.299 e. The number of carbonyl (C=O) groups is 1. The molecule has 1 aliphatic rings. The quantitative estimate of drug-likeness (QED) is 0.760. The van der Waals surface area contributed by atoms with Gasteiger partial charge in [0.2, 0.25) is 0 Å². The number of ketones is 1. The van der Waals surface area contributed by atoms with E-state index in [2.05, 4.69) is 38.1 Å². The molecule has 92 valence electrons. The van der Waals surface area contributed by atoms with Gasteiger partial charge in [-0.2, -0.15) is 0 Å². The zero-order chi connectivity index (χ0) is 12.3. The summed E-state index contributed by atoms with van der Waals surface area (Å²) in [5.41, 5.74) is 2.84. The lowest BCUT2D eigenvalue weighted by atomic mass is 9.73. The van der Waals surface area contributed by atoms with Crippen LogP contribution in [0.25, 0.3) is 0 Å². The molecule has 0 spiro atoms. The third-order valence-corrected chi connectivity index (χ3v) is 4.06. The maximum Gasteiger partial charge on any atom is 0.136 e. The highest BCUT2D eigenvalue weighted by Crippen LogP contribution is 2.36. The van der Waals surface area contributed by atoms with Crippen molar-refractivity contribution in [1.29, 1.82) is 0 Å². The second-order valence-corrected chi connectivity index (χ2v) is 5.20. The van der Waals surface area contributed by atoms with E-state index in [1.807, 2.05) is 0 Å². The topological polar surface area (TPSA) is 17.1 Å². The van der Waals surface area contributed by atoms with Crippen LogP contribution in [-0.2, 0) is 11.2 Å². The van der Waals surface area contributed by atoms with E-state index in [-0.39, 0.29) is 5.92 Å². The second kappa shape index (κ2) is 5.48. The van der Waals surface area contributed by atoms with Gasteiger partial charge in [0.25, 0.3) is 0 Å². The summed E-state index contributed by atoms with van der Waals surface area (Å²) in [5.74, 6) is 1.15. The molecule has 0 aromatic heterocycles. The fourth-order valence-corrected chi connectivity index (χ4v) is 2.96. The van der Waals surface area contributed by atoms with Crippen LogP contribution in [0.2, 0.25) is 0 Å². The Hall–Kier alpha value is -1.11. The van der Waals surface area contributed by atoms with Gasteiger partial charge in [0.1, 0.15) is 5.78 Å². The molecule has 0 fully saturated rings. The molecule has 0 saturated heterocycles. The van der Waals surface area contributed by atoms with Gasteiger partial charge in [-0.3, -0.25) is 4.79 Å². The van der Waals surface area contributed by atoms with Crippen molar-refractivity contribution >= 4 is 5.78 Å². The largest absolute Gasteiger partial charge is 0.299 e. The van der Waals surface area contributed by atoms with E-state index in [9.17, 15) is 4.79 Å². The van der Waals surface area contributed by atoms with Crippen LogP contribution in [0, 0.1) is 5.92 Å². The molecule has 0 amide bonds. The maximum atomic E-state index is 12.2. The Morgan fingerprint density at radius 1 is 1.35 bits per heavy atom. The summed E-state index contributed by atoms with van der Waals surface area (Å²) < 4.78 is 0. The third-order valence-electron chi connectivity index (χ3n) is 4.06. The molecule has 1 heteroatoms. The van der Waals surface area contributed by atoms with Gasteiger partial charge >= 0.3 is 0 Å².